The summed E-state index contributed by atoms with van der Waals surface area (Å²) in [6, 6.07) is 3.80. The molecule has 0 aliphatic heterocycles. The van der Waals surface area contributed by atoms with Crippen LogP contribution in [0.5, 0.6) is 0 Å². The molecule has 0 aliphatic rings. The number of rotatable bonds is 1. The van der Waals surface area contributed by atoms with Crippen molar-refractivity contribution in [1.29, 1.82) is 0 Å². The number of hydrogen-bond donors (Lipinski definition) is 0. The van der Waals surface area contributed by atoms with Gasteiger partial charge in [-0.15, -0.1) is 0 Å². The third-order valence-electron chi connectivity index (χ3n) is 1.75. The first kappa shape index (κ1) is 11.3. The average Bonchev–Trinajstić information content (AvgIpc) is 2.16. The highest BCUT2D eigenvalue weighted by molar-refractivity contribution is 5.80. The maximum Gasteiger partial charge on any atom is 0.396 e. The van der Waals surface area contributed by atoms with Gasteiger partial charge >= 0.3 is 12.0 Å². The maximum atomic E-state index is 12.5. The number of carbonyl (C=O) groups excluding carboxylic acids is 1. The molecule has 0 saturated carbocycles. The molecule has 0 bridgehead atoms. The highest BCUT2D eigenvalue weighted by atomic mass is 19.3. The summed E-state index contributed by atoms with van der Waals surface area (Å²) >= 11 is 0. The number of aryl methyl sites for hydroxylation is 1. The van der Waals surface area contributed by atoms with Gasteiger partial charge in [0.15, 0.2) is 0 Å². The molecule has 15 heavy (non-hydrogen) atoms. The van der Waals surface area contributed by atoms with Gasteiger partial charge in [0.25, 0.3) is 0 Å². The Morgan fingerprint density at radius 2 is 1.93 bits per heavy atom. The molecule has 0 aromatic heterocycles. The predicted octanol–water partition coefficient (Wildman–Crippen LogP) is 2.48. The van der Waals surface area contributed by atoms with Crippen LogP contribution in [-0.2, 0) is 4.79 Å². The number of benzene rings is 1. The maximum absolute atomic E-state index is 12.5. The van der Waals surface area contributed by atoms with Gasteiger partial charge in [-0.25, -0.2) is 0 Å². The standard InChI is InChI=1S/C11H7F3O/c1-8-4-2-3-5-9(8)6-7-11(13,14)10(12)15/h2-5H,1H3. The summed E-state index contributed by atoms with van der Waals surface area (Å²) in [5.41, 5.74) is 1.03. The Morgan fingerprint density at radius 1 is 1.33 bits per heavy atom. The van der Waals surface area contributed by atoms with Crippen LogP contribution in [-0.4, -0.2) is 12.0 Å². The Balaban J connectivity index is 3.02. The smallest absolute Gasteiger partial charge is 0.253 e. The largest absolute Gasteiger partial charge is 0.396 e. The zero-order chi connectivity index (χ0) is 11.5. The lowest BCUT2D eigenvalue weighted by Crippen LogP contribution is -2.22. The normalized spacial score (nSPS) is 10.4. The van der Waals surface area contributed by atoms with E-state index in [-0.39, 0.29) is 0 Å². The lowest BCUT2D eigenvalue weighted by atomic mass is 10.1. The van der Waals surface area contributed by atoms with Crippen LogP contribution in [0.15, 0.2) is 24.3 Å². The van der Waals surface area contributed by atoms with Crippen molar-refractivity contribution < 1.29 is 18.0 Å². The van der Waals surface area contributed by atoms with E-state index in [1.54, 1.807) is 25.1 Å². The Morgan fingerprint density at radius 3 is 2.47 bits per heavy atom. The molecule has 1 nitrogen and oxygen atoms in total. The molecule has 0 saturated heterocycles. The number of alkyl halides is 2. The van der Waals surface area contributed by atoms with E-state index in [9.17, 15) is 18.0 Å². The average molecular weight is 212 g/mol. The quantitative estimate of drug-likeness (QED) is 0.516. The molecule has 0 fully saturated rings. The van der Waals surface area contributed by atoms with Crippen LogP contribution in [0.25, 0.3) is 0 Å². The van der Waals surface area contributed by atoms with Gasteiger partial charge < -0.3 is 0 Å². The second-order valence-corrected chi connectivity index (χ2v) is 2.91. The highest BCUT2D eigenvalue weighted by Crippen LogP contribution is 2.14. The topological polar surface area (TPSA) is 17.1 Å². The molecule has 0 amide bonds. The third kappa shape index (κ3) is 2.84. The molecule has 0 unspecified atom stereocenters. The van der Waals surface area contributed by atoms with Crippen molar-refractivity contribution in [2.45, 2.75) is 12.8 Å². The summed E-state index contributed by atoms with van der Waals surface area (Å²) in [5.74, 6) is -0.839. The van der Waals surface area contributed by atoms with E-state index < -0.39 is 12.0 Å². The first-order chi connectivity index (χ1) is 6.93. The van der Waals surface area contributed by atoms with E-state index in [4.69, 9.17) is 0 Å². The van der Waals surface area contributed by atoms with Gasteiger partial charge in [-0.05, 0) is 24.5 Å². The van der Waals surface area contributed by atoms with Crippen molar-refractivity contribution in [2.24, 2.45) is 0 Å². The van der Waals surface area contributed by atoms with Gasteiger partial charge in [0.05, 0.1) is 0 Å². The molecule has 1 aromatic carbocycles. The summed E-state index contributed by atoms with van der Waals surface area (Å²) < 4.78 is 36.7. The summed E-state index contributed by atoms with van der Waals surface area (Å²) in [4.78, 5) is 9.85. The van der Waals surface area contributed by atoms with Crippen LogP contribution in [0, 0.1) is 18.8 Å². The number of halogens is 3. The molecule has 0 spiro atoms. The van der Waals surface area contributed by atoms with Gasteiger partial charge in [-0.1, -0.05) is 24.1 Å². The number of hydrogen-bond acceptors (Lipinski definition) is 1. The van der Waals surface area contributed by atoms with Crippen molar-refractivity contribution in [3.8, 4) is 11.8 Å². The van der Waals surface area contributed by atoms with Crippen LogP contribution in [0.4, 0.5) is 13.2 Å². The van der Waals surface area contributed by atoms with Crippen molar-refractivity contribution in [2.75, 3.05) is 0 Å². The SMILES string of the molecule is Cc1ccccc1C#CC(F)(F)C(=O)F. The van der Waals surface area contributed by atoms with Crippen LogP contribution >= 0.6 is 0 Å². The monoisotopic (exact) mass is 212 g/mol. The van der Waals surface area contributed by atoms with Gasteiger partial charge in [0.2, 0.25) is 0 Å². The lowest BCUT2D eigenvalue weighted by molar-refractivity contribution is -0.147. The minimum absolute atomic E-state index is 0.346. The second kappa shape index (κ2) is 4.18. The van der Waals surface area contributed by atoms with Crippen molar-refractivity contribution in [1.82, 2.24) is 0 Å². The van der Waals surface area contributed by atoms with Gasteiger partial charge in [0.1, 0.15) is 0 Å². The molecule has 0 N–H and O–H groups in total. The summed E-state index contributed by atoms with van der Waals surface area (Å²) in [7, 11) is 0. The minimum Gasteiger partial charge on any atom is -0.253 e. The molecular weight excluding hydrogens is 205 g/mol. The predicted molar refractivity (Wildman–Crippen MR) is 49.1 cm³/mol. The van der Waals surface area contributed by atoms with Gasteiger partial charge in [0, 0.05) is 5.56 Å². The zero-order valence-corrected chi connectivity index (χ0v) is 7.85. The van der Waals surface area contributed by atoms with E-state index in [0.29, 0.717) is 11.1 Å². The van der Waals surface area contributed by atoms with Crippen molar-refractivity contribution in [3.05, 3.63) is 35.4 Å². The fourth-order valence-corrected chi connectivity index (χ4v) is 0.908. The molecule has 1 rings (SSSR count). The van der Waals surface area contributed by atoms with Crippen molar-refractivity contribution >= 4 is 6.04 Å². The van der Waals surface area contributed by atoms with Crippen LogP contribution in [0.3, 0.4) is 0 Å². The first-order valence-electron chi connectivity index (χ1n) is 4.10. The second-order valence-electron chi connectivity index (χ2n) is 2.91. The summed E-state index contributed by atoms with van der Waals surface area (Å²) in [5, 5.41) is 0. The Hall–Kier alpha value is -1.76. The lowest BCUT2D eigenvalue weighted by Gasteiger charge is -2.00. The van der Waals surface area contributed by atoms with E-state index in [1.807, 2.05) is 0 Å². The van der Waals surface area contributed by atoms with Crippen molar-refractivity contribution in [3.63, 3.8) is 0 Å². The molecular formula is C11H7F3O. The van der Waals surface area contributed by atoms with Gasteiger partial charge in [-0.3, -0.25) is 4.79 Å². The Bertz CT molecular complexity index is 441. The van der Waals surface area contributed by atoms with E-state index >= 15 is 0 Å². The first-order valence-corrected chi connectivity index (χ1v) is 4.10. The highest BCUT2D eigenvalue weighted by Gasteiger charge is 2.36. The van der Waals surface area contributed by atoms with E-state index in [1.165, 1.54) is 12.0 Å². The number of carbonyl (C=O) groups is 1. The van der Waals surface area contributed by atoms with E-state index in [2.05, 4.69) is 5.92 Å². The third-order valence-corrected chi connectivity index (χ3v) is 1.75. The van der Waals surface area contributed by atoms with Crippen LogP contribution in [0.2, 0.25) is 0 Å². The van der Waals surface area contributed by atoms with Gasteiger partial charge in [-0.2, -0.15) is 13.2 Å². The fraction of sp³-hybridized carbons (Fsp3) is 0.182. The molecule has 78 valence electrons. The molecule has 0 atom stereocenters. The molecule has 0 aliphatic carbocycles. The zero-order valence-electron chi connectivity index (χ0n) is 7.85. The van der Waals surface area contributed by atoms with Crippen LogP contribution < -0.4 is 0 Å². The van der Waals surface area contributed by atoms with E-state index in [0.717, 1.165) is 0 Å². The Kier molecular flexibility index (Phi) is 3.15. The fourth-order valence-electron chi connectivity index (χ4n) is 0.908. The molecule has 0 heterocycles. The Labute approximate surface area is 84.9 Å². The molecule has 4 heteroatoms. The summed E-state index contributed by atoms with van der Waals surface area (Å²) in [6.07, 6.45) is 0. The molecule has 0 radical (unpaired) electrons. The minimum atomic E-state index is -4.22. The summed E-state index contributed by atoms with van der Waals surface area (Å²) in [6.45, 7) is 1.68. The molecule has 1 aromatic rings. The van der Waals surface area contributed by atoms with Crippen LogP contribution in [0.1, 0.15) is 11.1 Å².